The van der Waals surface area contributed by atoms with Crippen LogP contribution in [-0.4, -0.2) is 44.4 Å². The van der Waals surface area contributed by atoms with Crippen LogP contribution in [0.1, 0.15) is 6.92 Å². The van der Waals surface area contributed by atoms with E-state index < -0.39 is 14.9 Å². The van der Waals surface area contributed by atoms with Crippen LogP contribution in [0.2, 0.25) is 0 Å². The predicted molar refractivity (Wildman–Crippen MR) is 80.4 cm³/mol. The number of sulfonamides is 1. The van der Waals surface area contributed by atoms with Crippen LogP contribution >= 0.6 is 12.4 Å². The number of methoxy groups -OCH3 is 1. The minimum absolute atomic E-state index is 0. The Kier molecular flexibility index (Phi) is 7.04. The van der Waals surface area contributed by atoms with Gasteiger partial charge in [0.1, 0.15) is 0 Å². The lowest BCUT2D eigenvalue weighted by atomic mass is 10.3. The fraction of sp³-hybridized carbons (Fsp3) is 0.455. The van der Waals surface area contributed by atoms with Gasteiger partial charge in [-0.3, -0.25) is 10.1 Å². The number of halogens is 1. The largest absolute Gasteiger partial charge is 0.490 e. The minimum Gasteiger partial charge on any atom is -0.490 e. The molecule has 0 aromatic heterocycles. The number of nitrogens with two attached hydrogens (primary N) is 1. The highest BCUT2D eigenvalue weighted by Gasteiger charge is 2.27. The maximum Gasteiger partial charge on any atom is 0.310 e. The number of rotatable bonds is 6. The molecule has 0 aliphatic rings. The number of likely N-dealkylation sites (N-methyl/N-ethyl adjacent to an activating group) is 1. The summed E-state index contributed by atoms with van der Waals surface area (Å²) in [5.74, 6) is -0.107. The molecule has 0 saturated carbocycles. The van der Waals surface area contributed by atoms with Crippen molar-refractivity contribution in [3.05, 3.63) is 28.3 Å². The second-order valence-corrected chi connectivity index (χ2v) is 6.19. The Morgan fingerprint density at radius 1 is 1.48 bits per heavy atom. The number of hydrogen-bond donors (Lipinski definition) is 1. The van der Waals surface area contributed by atoms with Crippen molar-refractivity contribution >= 4 is 28.1 Å². The molecule has 0 aliphatic heterocycles. The maximum atomic E-state index is 12.3. The standard InChI is InChI=1S/C11H17N3O5S.ClH/c1-8(7-12)13(2)20(17,18)9-4-5-10(14(15)16)11(6-9)19-3;/h4-6,8H,7,12H2,1-3H3;1H. The third-order valence-electron chi connectivity index (χ3n) is 2.99. The third kappa shape index (κ3) is 4.03. The summed E-state index contributed by atoms with van der Waals surface area (Å²) in [6.07, 6.45) is 0. The van der Waals surface area contributed by atoms with E-state index >= 15 is 0 Å². The van der Waals surface area contributed by atoms with Crippen molar-refractivity contribution in [2.75, 3.05) is 20.7 Å². The number of nitro benzene ring substituents is 1. The van der Waals surface area contributed by atoms with E-state index in [0.29, 0.717) is 0 Å². The summed E-state index contributed by atoms with van der Waals surface area (Å²) < 4.78 is 30.6. The van der Waals surface area contributed by atoms with Crippen LogP contribution in [0.25, 0.3) is 0 Å². The molecule has 120 valence electrons. The molecule has 0 amide bonds. The maximum absolute atomic E-state index is 12.3. The molecule has 8 nitrogen and oxygen atoms in total. The van der Waals surface area contributed by atoms with Crippen molar-refractivity contribution in [3.8, 4) is 5.75 Å². The van der Waals surface area contributed by atoms with Gasteiger partial charge in [0, 0.05) is 31.8 Å². The normalized spacial score (nSPS) is 12.6. The summed E-state index contributed by atoms with van der Waals surface area (Å²) >= 11 is 0. The molecular weight excluding hydrogens is 322 g/mol. The van der Waals surface area contributed by atoms with Crippen LogP contribution in [0, 0.1) is 10.1 Å². The van der Waals surface area contributed by atoms with E-state index in [-0.39, 0.29) is 41.3 Å². The number of nitro groups is 1. The summed E-state index contributed by atoms with van der Waals surface area (Å²) in [7, 11) is -1.13. The number of nitrogens with zero attached hydrogens (tertiary/aromatic N) is 2. The highest BCUT2D eigenvalue weighted by Crippen LogP contribution is 2.30. The molecule has 1 aromatic rings. The fourth-order valence-electron chi connectivity index (χ4n) is 1.52. The highest BCUT2D eigenvalue weighted by atomic mass is 35.5. The van der Waals surface area contributed by atoms with Crippen molar-refractivity contribution < 1.29 is 18.1 Å². The molecule has 1 unspecified atom stereocenters. The molecule has 0 saturated heterocycles. The molecule has 0 fully saturated rings. The van der Waals surface area contributed by atoms with Gasteiger partial charge in [0.25, 0.3) is 0 Å². The molecule has 1 aromatic carbocycles. The highest BCUT2D eigenvalue weighted by molar-refractivity contribution is 7.89. The molecule has 1 atom stereocenters. The van der Waals surface area contributed by atoms with Crippen LogP contribution in [0.4, 0.5) is 5.69 Å². The van der Waals surface area contributed by atoms with Gasteiger partial charge in [0.2, 0.25) is 10.0 Å². The molecule has 1 rings (SSSR count). The molecule has 0 radical (unpaired) electrons. The van der Waals surface area contributed by atoms with E-state index in [0.717, 1.165) is 16.4 Å². The first-order valence-corrected chi connectivity index (χ1v) is 7.20. The Hall–Kier alpha value is -1.42. The Bertz CT molecular complexity index is 608. The summed E-state index contributed by atoms with van der Waals surface area (Å²) in [4.78, 5) is 10.1. The smallest absolute Gasteiger partial charge is 0.310 e. The first kappa shape index (κ1) is 19.6. The number of benzene rings is 1. The quantitative estimate of drug-likeness (QED) is 0.610. The van der Waals surface area contributed by atoms with Crippen molar-refractivity contribution in [1.29, 1.82) is 0 Å². The predicted octanol–water partition coefficient (Wildman–Crippen LogP) is 0.993. The Morgan fingerprint density at radius 3 is 2.48 bits per heavy atom. The molecule has 0 heterocycles. The van der Waals surface area contributed by atoms with Crippen LogP contribution in [0.15, 0.2) is 23.1 Å². The Morgan fingerprint density at radius 2 is 2.05 bits per heavy atom. The summed E-state index contributed by atoms with van der Waals surface area (Å²) in [6.45, 7) is 1.83. The van der Waals surface area contributed by atoms with Crippen molar-refractivity contribution in [1.82, 2.24) is 4.31 Å². The third-order valence-corrected chi connectivity index (χ3v) is 4.95. The van der Waals surface area contributed by atoms with Gasteiger partial charge >= 0.3 is 5.69 Å². The van der Waals surface area contributed by atoms with Gasteiger partial charge in [-0.1, -0.05) is 0 Å². The van der Waals surface area contributed by atoms with Gasteiger partial charge in [-0.05, 0) is 13.0 Å². The molecule has 0 aliphatic carbocycles. The lowest BCUT2D eigenvalue weighted by Gasteiger charge is -2.23. The summed E-state index contributed by atoms with van der Waals surface area (Å²) in [5.41, 5.74) is 5.16. The van der Waals surface area contributed by atoms with Crippen LogP contribution in [0.3, 0.4) is 0 Å². The first-order valence-electron chi connectivity index (χ1n) is 5.76. The van der Waals surface area contributed by atoms with E-state index in [2.05, 4.69) is 0 Å². The van der Waals surface area contributed by atoms with Crippen LogP contribution in [-0.2, 0) is 10.0 Å². The van der Waals surface area contributed by atoms with E-state index in [9.17, 15) is 18.5 Å². The van der Waals surface area contributed by atoms with Crippen LogP contribution < -0.4 is 10.5 Å². The molecular formula is C11H18ClN3O5S. The van der Waals surface area contributed by atoms with Crippen molar-refractivity contribution in [2.24, 2.45) is 5.73 Å². The lowest BCUT2D eigenvalue weighted by Crippen LogP contribution is -2.39. The zero-order valence-electron chi connectivity index (χ0n) is 11.8. The average Bonchev–Trinajstić information content (AvgIpc) is 2.44. The van der Waals surface area contributed by atoms with Crippen molar-refractivity contribution in [3.63, 3.8) is 0 Å². The van der Waals surface area contributed by atoms with Gasteiger partial charge in [-0.2, -0.15) is 4.31 Å². The Labute approximate surface area is 129 Å². The second-order valence-electron chi connectivity index (χ2n) is 4.20. The topological polar surface area (TPSA) is 116 Å². The minimum atomic E-state index is -3.77. The van der Waals surface area contributed by atoms with E-state index in [1.54, 1.807) is 6.92 Å². The van der Waals surface area contributed by atoms with Crippen LogP contribution in [0.5, 0.6) is 5.75 Å². The lowest BCUT2D eigenvalue weighted by molar-refractivity contribution is -0.385. The monoisotopic (exact) mass is 339 g/mol. The van der Waals surface area contributed by atoms with E-state index in [1.165, 1.54) is 20.2 Å². The van der Waals surface area contributed by atoms with Gasteiger partial charge in [-0.15, -0.1) is 12.4 Å². The fourth-order valence-corrected chi connectivity index (χ4v) is 2.91. The van der Waals surface area contributed by atoms with Gasteiger partial charge in [0.15, 0.2) is 5.75 Å². The number of ether oxygens (including phenoxy) is 1. The van der Waals surface area contributed by atoms with E-state index in [4.69, 9.17) is 10.5 Å². The van der Waals surface area contributed by atoms with Gasteiger partial charge in [0.05, 0.1) is 16.9 Å². The van der Waals surface area contributed by atoms with Crippen molar-refractivity contribution in [2.45, 2.75) is 17.9 Å². The van der Waals surface area contributed by atoms with E-state index in [1.807, 2.05) is 0 Å². The summed E-state index contributed by atoms with van der Waals surface area (Å²) in [5, 5.41) is 10.8. The van der Waals surface area contributed by atoms with Gasteiger partial charge in [-0.25, -0.2) is 8.42 Å². The molecule has 0 spiro atoms. The Balaban J connectivity index is 0.00000400. The first-order chi connectivity index (χ1) is 9.25. The zero-order chi connectivity index (χ0) is 15.5. The van der Waals surface area contributed by atoms with Gasteiger partial charge < -0.3 is 10.5 Å². The SMILES string of the molecule is COc1cc(S(=O)(=O)N(C)C(C)CN)ccc1[N+](=O)[O-].Cl. The zero-order valence-corrected chi connectivity index (χ0v) is 13.5. The molecule has 10 heteroatoms. The number of hydrogen-bond acceptors (Lipinski definition) is 6. The summed E-state index contributed by atoms with van der Waals surface area (Å²) in [6, 6.07) is 3.02. The molecule has 0 bridgehead atoms. The second kappa shape index (κ2) is 7.55. The molecule has 2 N–H and O–H groups in total. The average molecular weight is 340 g/mol. The molecule has 21 heavy (non-hydrogen) atoms.